The summed E-state index contributed by atoms with van der Waals surface area (Å²) >= 11 is 0. The van der Waals surface area contributed by atoms with Crippen molar-refractivity contribution in [1.29, 1.82) is 0 Å². The van der Waals surface area contributed by atoms with Gasteiger partial charge in [0.1, 0.15) is 24.9 Å². The van der Waals surface area contributed by atoms with Crippen LogP contribution in [0.2, 0.25) is 0 Å². The number of benzene rings is 6. The second-order valence-electron chi connectivity index (χ2n) is 22.2. The molecule has 0 unspecified atom stereocenters. The van der Waals surface area contributed by atoms with E-state index in [1.165, 1.54) is 62.4 Å². The third-order valence-corrected chi connectivity index (χ3v) is 14.2. The van der Waals surface area contributed by atoms with E-state index in [-0.39, 0.29) is 91.5 Å². The summed E-state index contributed by atoms with van der Waals surface area (Å²) in [5.74, 6) is -0.497. The third kappa shape index (κ3) is 29.3. The number of rotatable bonds is 22. The molecule has 0 bridgehead atoms. The van der Waals surface area contributed by atoms with Crippen LogP contribution in [0.25, 0.3) is 0 Å². The van der Waals surface area contributed by atoms with Gasteiger partial charge in [-0.2, -0.15) is 0 Å². The number of hydrogen-bond acceptors (Lipinski definition) is 22. The smallest absolute Gasteiger partial charge is 0.374 e. The Morgan fingerprint density at radius 1 is 0.343 bits per heavy atom. The van der Waals surface area contributed by atoms with Crippen molar-refractivity contribution in [3.8, 4) is 5.75 Å². The van der Waals surface area contributed by atoms with Crippen LogP contribution in [-0.4, -0.2) is 86.8 Å². The fourth-order valence-corrected chi connectivity index (χ4v) is 8.76. The zero-order valence-corrected chi connectivity index (χ0v) is 57.9. The first-order valence-electron chi connectivity index (χ1n) is 32.8. The van der Waals surface area contributed by atoms with Crippen LogP contribution in [0, 0.1) is 0 Å². The molecule has 7 heterocycles. The number of nitrogens with two attached hydrogens (primary N) is 2. The molecular weight excluding hydrogens is 1390 g/mol. The van der Waals surface area contributed by atoms with Gasteiger partial charge in [-0.25, -0.2) is 4.79 Å². The first-order valence-corrected chi connectivity index (χ1v) is 32.8. The van der Waals surface area contributed by atoms with Gasteiger partial charge >= 0.3 is 5.97 Å². The highest BCUT2D eigenvalue weighted by molar-refractivity contribution is 6.05. The second kappa shape index (κ2) is 45.0. The topological polar surface area (TPSA) is 446 Å². The molecule has 0 radical (unpaired) electrons. The predicted molar refractivity (Wildman–Crippen MR) is 397 cm³/mol. The minimum absolute atomic E-state index is 0.000463. The van der Waals surface area contributed by atoms with Crippen molar-refractivity contribution in [2.24, 2.45) is 0 Å². The van der Waals surface area contributed by atoms with Gasteiger partial charge in [-0.3, -0.25) is 28.8 Å². The Hall–Kier alpha value is -14.2. The van der Waals surface area contributed by atoms with Crippen molar-refractivity contribution >= 4 is 69.8 Å². The quantitative estimate of drug-likeness (QED) is 0.0221. The molecule has 6 amide bonds. The highest BCUT2D eigenvalue weighted by Gasteiger charge is 2.14. The van der Waals surface area contributed by atoms with Gasteiger partial charge in [0.15, 0.2) is 23.0 Å². The number of aliphatic hydroxyl groups is 4. The van der Waals surface area contributed by atoms with Gasteiger partial charge in [0, 0.05) is 54.7 Å². The Balaban J connectivity index is 0.000000176. The van der Waals surface area contributed by atoms with E-state index >= 15 is 0 Å². The van der Waals surface area contributed by atoms with E-state index in [0.717, 1.165) is 39.1 Å². The fraction of sp³-hybridized carbons (Fsp3) is 0.113. The summed E-state index contributed by atoms with van der Waals surface area (Å²) in [4.78, 5) is 80.3. The molecule has 0 atom stereocenters. The normalized spacial score (nSPS) is 10.0. The Morgan fingerprint density at radius 2 is 0.759 bits per heavy atom. The minimum atomic E-state index is -0.552. The molecule has 0 spiro atoms. The maximum Gasteiger partial charge on any atom is 0.374 e. The lowest BCUT2D eigenvalue weighted by Gasteiger charge is -2.04. The van der Waals surface area contributed by atoms with Crippen LogP contribution >= 0.6 is 0 Å². The van der Waals surface area contributed by atoms with Crippen LogP contribution in [0.5, 0.6) is 5.75 Å². The van der Waals surface area contributed by atoms with Gasteiger partial charge in [0.05, 0.1) is 74.8 Å². The van der Waals surface area contributed by atoms with Gasteiger partial charge in [-0.1, -0.05) is 72.8 Å². The van der Waals surface area contributed by atoms with Crippen LogP contribution < -0.4 is 43.4 Å². The lowest BCUT2D eigenvalue weighted by molar-refractivity contribution is 0.0398. The van der Waals surface area contributed by atoms with Crippen molar-refractivity contribution in [1.82, 2.24) is 16.0 Å². The van der Waals surface area contributed by atoms with E-state index < -0.39 is 5.97 Å². The zero-order chi connectivity index (χ0) is 77.1. The Bertz CT molecular complexity index is 4630. The zero-order valence-electron chi connectivity index (χ0n) is 57.9. The summed E-state index contributed by atoms with van der Waals surface area (Å²) < 4.78 is 38.8. The predicted octanol–water partition coefficient (Wildman–Crippen LogP) is 12.0. The summed E-state index contributed by atoms with van der Waals surface area (Å²) in [7, 11) is 0. The van der Waals surface area contributed by atoms with Crippen LogP contribution in [0.3, 0.4) is 0 Å². The lowest BCUT2D eigenvalue weighted by Crippen LogP contribution is -2.22. The lowest BCUT2D eigenvalue weighted by atomic mass is 10.1. The highest BCUT2D eigenvalue weighted by atomic mass is 16.6. The summed E-state index contributed by atoms with van der Waals surface area (Å²) in [5.41, 5.74) is 21.0. The fourth-order valence-electron chi connectivity index (χ4n) is 8.76. The summed E-state index contributed by atoms with van der Waals surface area (Å²) in [5, 5.41) is 60.4. The summed E-state index contributed by atoms with van der Waals surface area (Å²) in [6.45, 7) is 1.14. The van der Waals surface area contributed by atoms with Crippen molar-refractivity contribution in [2.45, 2.75) is 39.3 Å². The Labute approximate surface area is 618 Å². The number of nitrogen functional groups attached to an aromatic ring is 2. The number of hydrogen-bond donors (Lipinski definition) is 13. The van der Waals surface area contributed by atoms with Gasteiger partial charge in [-0.05, 0) is 185 Å². The van der Waals surface area contributed by atoms with Gasteiger partial charge in [0.2, 0.25) is 5.76 Å². The Kier molecular flexibility index (Phi) is 33.8. The number of anilines is 5. The molecule has 0 aliphatic heterocycles. The van der Waals surface area contributed by atoms with E-state index in [2.05, 4.69) is 36.6 Å². The number of nitrogens with one attached hydrogen (secondary N) is 6. The number of ether oxygens (including phenoxy) is 1. The molecule has 558 valence electrons. The molecule has 0 aliphatic carbocycles. The van der Waals surface area contributed by atoms with Crippen LogP contribution in [0.1, 0.15) is 107 Å². The van der Waals surface area contributed by atoms with Crippen molar-refractivity contribution in [3.63, 3.8) is 0 Å². The number of phenolic OH excluding ortho intramolecular Hbond substituents is 1. The number of aromatic hydroxyl groups is 1. The van der Waals surface area contributed by atoms with Gasteiger partial charge in [0.25, 0.3) is 35.4 Å². The average molecular weight is 1470 g/mol. The number of aliphatic hydroxyl groups excluding tert-OH is 4. The van der Waals surface area contributed by atoms with Crippen molar-refractivity contribution in [3.05, 3.63) is 348 Å². The molecule has 0 saturated heterocycles. The third-order valence-electron chi connectivity index (χ3n) is 14.2. The molecule has 13 aromatic rings. The van der Waals surface area contributed by atoms with E-state index in [4.69, 9.17) is 62.8 Å². The SMILES string of the molecule is Nc1ccc(CNC(=O)c2ccco2)cc1.Nc1cccc(CNC(=O)c2ccco2)c1.O=C(NCc1cccc(O)c1)c1ccco1.O=C(Nc1ccc(CCO)cc1)c1ccoc1.O=C(Nc1ccc(CO)cc1)c1ccoc1.O=C(Nc1cccc(CO)c1)c1ccco1.O=C(OCCO)c1ccco1. The molecular formula is C80H78N8O20. The minimum Gasteiger partial charge on any atom is -0.508 e. The molecule has 28 nitrogen and oxygen atoms in total. The molecule has 6 aromatic carbocycles. The van der Waals surface area contributed by atoms with E-state index in [0.29, 0.717) is 71.5 Å². The average Bonchev–Trinajstić information content (AvgIpc) is 1.61. The van der Waals surface area contributed by atoms with Crippen LogP contribution in [0.4, 0.5) is 28.4 Å². The molecule has 28 heteroatoms. The largest absolute Gasteiger partial charge is 0.508 e. The first kappa shape index (κ1) is 81.1. The highest BCUT2D eigenvalue weighted by Crippen LogP contribution is 2.17. The van der Waals surface area contributed by atoms with E-state index in [9.17, 15) is 38.7 Å². The number of carbonyl (C=O) groups is 7. The van der Waals surface area contributed by atoms with Gasteiger partial charge < -0.3 is 105 Å². The van der Waals surface area contributed by atoms with E-state index in [1.54, 1.807) is 152 Å². The van der Waals surface area contributed by atoms with Crippen molar-refractivity contribution < 1.29 is 94.8 Å². The van der Waals surface area contributed by atoms with Crippen LogP contribution in [-0.2, 0) is 44.0 Å². The first-order chi connectivity index (χ1) is 52.5. The maximum absolute atomic E-state index is 11.7. The number of amides is 6. The maximum atomic E-state index is 11.7. The standard InChI is InChI=1S/C13H13NO3.2C12H12N2O2.3C12H11NO3.C7H8O4/c15-7-5-10-1-3-12(4-2-10)14-13(16)11-6-8-17-9-11;13-10-4-1-3-9(7-10)8-14-12(15)11-5-2-6-16-11;13-10-5-3-9(4-6-10)8-14-12(15)11-2-1-7-16-11;14-7-9-1-3-11(4-2-9)13-12(15)10-5-6-16-8-10;14-8-9-3-1-4-10(7-9)13-12(15)11-5-2-6-16-11;14-10-4-1-3-9(7-10)8-13-12(15)11-5-2-6-16-11;8-3-5-11-7(9)6-2-1-4-10-6/h1-4,6,8-9,15H,5,7H2,(H,14,16);2*1-7H,8,13H2,(H,14,15);1-6,8,14H,7H2,(H,13,15);2*1-7,14H,8H2,(H,13,15);1-2,4,8H,3,5H2. The molecule has 0 saturated carbocycles. The number of furan rings is 7. The summed E-state index contributed by atoms with van der Waals surface area (Å²) in [6, 6.07) is 62.2. The number of carbonyl (C=O) groups excluding carboxylic acids is 7. The molecule has 0 fully saturated rings. The van der Waals surface area contributed by atoms with Gasteiger partial charge in [-0.15, -0.1) is 0 Å². The number of phenols is 1. The Morgan fingerprint density at radius 3 is 1.19 bits per heavy atom. The second-order valence-corrected chi connectivity index (χ2v) is 22.2. The summed E-state index contributed by atoms with van der Waals surface area (Å²) in [6.07, 6.45) is 13.5. The van der Waals surface area contributed by atoms with Crippen LogP contribution in [0.15, 0.2) is 306 Å². The molecule has 13 rings (SSSR count). The van der Waals surface area contributed by atoms with E-state index in [1.807, 2.05) is 60.7 Å². The molecule has 7 aromatic heterocycles. The monoisotopic (exact) mass is 1470 g/mol. The molecule has 0 aliphatic rings. The van der Waals surface area contributed by atoms with Crippen molar-refractivity contribution in [2.75, 3.05) is 47.2 Å². The molecule has 108 heavy (non-hydrogen) atoms. The molecule has 15 N–H and O–H groups in total. The number of esters is 1.